The number of phenolic OH excluding ortho intramolecular Hbond substituents is 1. The predicted octanol–water partition coefficient (Wildman–Crippen LogP) is 4.59. The van der Waals surface area contributed by atoms with Crippen LogP contribution in [-0.2, 0) is 6.18 Å². The maximum Gasteiger partial charge on any atom is 0.416 e. The van der Waals surface area contributed by atoms with E-state index in [9.17, 15) is 18.3 Å². The van der Waals surface area contributed by atoms with Gasteiger partial charge >= 0.3 is 6.18 Å². The molecule has 0 unspecified atom stereocenters. The smallest absolute Gasteiger partial charge is 0.416 e. The van der Waals surface area contributed by atoms with E-state index in [1.54, 1.807) is 31.2 Å². The first-order valence-electron chi connectivity index (χ1n) is 6.36. The van der Waals surface area contributed by atoms with Gasteiger partial charge < -0.3 is 5.11 Å². The van der Waals surface area contributed by atoms with E-state index in [0.717, 1.165) is 12.1 Å². The molecule has 1 atom stereocenters. The zero-order valence-electron chi connectivity index (χ0n) is 11.3. The third-order valence-corrected chi connectivity index (χ3v) is 3.07. The van der Waals surface area contributed by atoms with Crippen molar-refractivity contribution >= 4 is 6.21 Å². The first kappa shape index (κ1) is 15.1. The average Bonchev–Trinajstić information content (AvgIpc) is 2.45. The summed E-state index contributed by atoms with van der Waals surface area (Å²) >= 11 is 0. The van der Waals surface area contributed by atoms with Crippen LogP contribution in [0.4, 0.5) is 13.2 Å². The lowest BCUT2D eigenvalue weighted by Gasteiger charge is -2.11. The van der Waals surface area contributed by atoms with Crippen LogP contribution in [0.5, 0.6) is 5.75 Å². The molecule has 0 aliphatic heterocycles. The van der Waals surface area contributed by atoms with Crippen molar-refractivity contribution in [1.82, 2.24) is 0 Å². The topological polar surface area (TPSA) is 32.6 Å². The maximum absolute atomic E-state index is 12.7. The van der Waals surface area contributed by atoms with Crippen molar-refractivity contribution in [3.63, 3.8) is 0 Å². The molecular formula is C16H14F3NO. The summed E-state index contributed by atoms with van der Waals surface area (Å²) in [6, 6.07) is 11.3. The first-order valence-corrected chi connectivity index (χ1v) is 6.36. The van der Waals surface area contributed by atoms with Gasteiger partial charge in [0.1, 0.15) is 5.75 Å². The molecule has 0 aliphatic rings. The van der Waals surface area contributed by atoms with Gasteiger partial charge in [0.25, 0.3) is 0 Å². The molecule has 0 radical (unpaired) electrons. The Balaban J connectivity index is 2.21. The second-order valence-electron chi connectivity index (χ2n) is 4.64. The van der Waals surface area contributed by atoms with Crippen molar-refractivity contribution in [2.45, 2.75) is 19.1 Å². The van der Waals surface area contributed by atoms with Crippen molar-refractivity contribution in [3.05, 3.63) is 65.2 Å². The largest absolute Gasteiger partial charge is 0.507 e. The number of hydrogen-bond donors (Lipinski definition) is 1. The molecule has 0 saturated heterocycles. The summed E-state index contributed by atoms with van der Waals surface area (Å²) in [7, 11) is 0. The number of phenols is 1. The Bertz CT molecular complexity index is 650. The molecule has 0 spiro atoms. The zero-order valence-corrected chi connectivity index (χ0v) is 11.3. The number of para-hydroxylation sites is 1. The highest BCUT2D eigenvalue weighted by Crippen LogP contribution is 2.31. The normalized spacial score (nSPS) is 13.5. The Labute approximate surface area is 120 Å². The standard InChI is InChI=1S/C16H14F3NO/c1-11(20-10-13-5-2-3-8-15(13)21)12-6-4-7-14(9-12)16(17,18)19/h2-11,21H,1H3/t11-/m0/s1. The van der Waals surface area contributed by atoms with Crippen molar-refractivity contribution in [3.8, 4) is 5.75 Å². The van der Waals surface area contributed by atoms with E-state index in [2.05, 4.69) is 4.99 Å². The van der Waals surface area contributed by atoms with Crippen LogP contribution >= 0.6 is 0 Å². The quantitative estimate of drug-likeness (QED) is 0.825. The summed E-state index contributed by atoms with van der Waals surface area (Å²) in [6.07, 6.45) is -2.91. The van der Waals surface area contributed by atoms with E-state index in [1.807, 2.05) is 0 Å². The minimum absolute atomic E-state index is 0.0810. The highest BCUT2D eigenvalue weighted by Gasteiger charge is 2.30. The number of rotatable bonds is 3. The predicted molar refractivity (Wildman–Crippen MR) is 75.6 cm³/mol. The Hall–Kier alpha value is -2.30. The van der Waals surface area contributed by atoms with Gasteiger partial charge in [0.05, 0.1) is 11.6 Å². The molecule has 0 heterocycles. The van der Waals surface area contributed by atoms with Crippen LogP contribution in [0.15, 0.2) is 53.5 Å². The molecule has 2 rings (SSSR count). The molecule has 0 saturated carbocycles. The molecule has 2 aromatic carbocycles. The second-order valence-corrected chi connectivity index (χ2v) is 4.64. The first-order chi connectivity index (χ1) is 9.88. The van der Waals surface area contributed by atoms with Crippen LogP contribution in [-0.4, -0.2) is 11.3 Å². The molecule has 1 N–H and O–H groups in total. The van der Waals surface area contributed by atoms with Crippen molar-refractivity contribution in [2.24, 2.45) is 4.99 Å². The summed E-state index contributed by atoms with van der Waals surface area (Å²) in [6.45, 7) is 1.70. The summed E-state index contributed by atoms with van der Waals surface area (Å²) in [4.78, 5) is 4.20. The molecule has 0 fully saturated rings. The van der Waals surface area contributed by atoms with E-state index >= 15 is 0 Å². The lowest BCUT2D eigenvalue weighted by molar-refractivity contribution is -0.137. The number of aromatic hydroxyl groups is 1. The van der Waals surface area contributed by atoms with Gasteiger partial charge in [0.15, 0.2) is 0 Å². The van der Waals surface area contributed by atoms with Crippen molar-refractivity contribution in [1.29, 1.82) is 0 Å². The van der Waals surface area contributed by atoms with Gasteiger partial charge in [-0.05, 0) is 36.8 Å². The minimum Gasteiger partial charge on any atom is -0.507 e. The summed E-state index contributed by atoms with van der Waals surface area (Å²) in [5.41, 5.74) is 0.303. The number of halogens is 3. The van der Waals surface area contributed by atoms with Crippen LogP contribution in [0.2, 0.25) is 0 Å². The van der Waals surface area contributed by atoms with Gasteiger partial charge in [0.2, 0.25) is 0 Å². The van der Waals surface area contributed by atoms with E-state index in [4.69, 9.17) is 0 Å². The van der Waals surface area contributed by atoms with E-state index in [1.165, 1.54) is 18.3 Å². The molecule has 0 aromatic heterocycles. The van der Waals surface area contributed by atoms with Crippen LogP contribution in [0.3, 0.4) is 0 Å². The van der Waals surface area contributed by atoms with Crippen LogP contribution < -0.4 is 0 Å². The molecule has 21 heavy (non-hydrogen) atoms. The molecule has 0 aliphatic carbocycles. The Morgan fingerprint density at radius 2 is 1.81 bits per heavy atom. The van der Waals surface area contributed by atoms with Crippen LogP contribution in [0, 0.1) is 0 Å². The van der Waals surface area contributed by atoms with Gasteiger partial charge in [-0.2, -0.15) is 13.2 Å². The molecule has 0 amide bonds. The number of hydrogen-bond acceptors (Lipinski definition) is 2. The Morgan fingerprint density at radius 3 is 2.48 bits per heavy atom. The van der Waals surface area contributed by atoms with Gasteiger partial charge in [0, 0.05) is 11.8 Å². The molecule has 0 bridgehead atoms. The lowest BCUT2D eigenvalue weighted by Crippen LogP contribution is -2.05. The van der Waals surface area contributed by atoms with E-state index in [-0.39, 0.29) is 5.75 Å². The SMILES string of the molecule is C[C@H](N=Cc1ccccc1O)c1cccc(C(F)(F)F)c1. The zero-order chi connectivity index (χ0) is 15.5. The molecule has 5 heteroatoms. The van der Waals surface area contributed by atoms with Crippen LogP contribution in [0.25, 0.3) is 0 Å². The van der Waals surface area contributed by atoms with Gasteiger partial charge in [-0.1, -0.05) is 24.3 Å². The fourth-order valence-corrected chi connectivity index (χ4v) is 1.85. The summed E-state index contributed by atoms with van der Waals surface area (Å²) < 4.78 is 38.0. The highest BCUT2D eigenvalue weighted by atomic mass is 19.4. The van der Waals surface area contributed by atoms with Gasteiger partial charge in [-0.15, -0.1) is 0 Å². The molecular weight excluding hydrogens is 279 g/mol. The number of aliphatic imine (C=N–C) groups is 1. The van der Waals surface area contributed by atoms with Gasteiger partial charge in [-0.25, -0.2) is 0 Å². The molecule has 2 nitrogen and oxygen atoms in total. The Kier molecular flexibility index (Phi) is 4.31. The van der Waals surface area contributed by atoms with E-state index in [0.29, 0.717) is 11.1 Å². The number of benzene rings is 2. The Morgan fingerprint density at radius 1 is 1.10 bits per heavy atom. The van der Waals surface area contributed by atoms with Crippen LogP contribution in [0.1, 0.15) is 29.7 Å². The lowest BCUT2D eigenvalue weighted by atomic mass is 10.1. The average molecular weight is 293 g/mol. The number of nitrogens with zero attached hydrogens (tertiary/aromatic N) is 1. The minimum atomic E-state index is -4.36. The fourth-order valence-electron chi connectivity index (χ4n) is 1.85. The third-order valence-electron chi connectivity index (χ3n) is 3.07. The summed E-state index contributed by atoms with van der Waals surface area (Å²) in [5.74, 6) is 0.0810. The van der Waals surface area contributed by atoms with Crippen molar-refractivity contribution in [2.75, 3.05) is 0 Å². The summed E-state index contributed by atoms with van der Waals surface area (Å²) in [5, 5.41) is 9.60. The van der Waals surface area contributed by atoms with Crippen molar-refractivity contribution < 1.29 is 18.3 Å². The highest BCUT2D eigenvalue weighted by molar-refractivity contribution is 5.83. The van der Waals surface area contributed by atoms with Gasteiger partial charge in [-0.3, -0.25) is 4.99 Å². The molecule has 2 aromatic rings. The monoisotopic (exact) mass is 293 g/mol. The maximum atomic E-state index is 12.7. The number of alkyl halides is 3. The second kappa shape index (κ2) is 5.99. The van der Waals surface area contributed by atoms with E-state index < -0.39 is 17.8 Å². The fraction of sp³-hybridized carbons (Fsp3) is 0.188. The third kappa shape index (κ3) is 3.84. The molecule has 110 valence electrons.